The molecule has 15 heavy (non-hydrogen) atoms. The molecule has 1 aromatic heterocycles. The number of aromatic nitrogens is 3. The number of thiol groups is 1. The van der Waals surface area contributed by atoms with E-state index in [-0.39, 0.29) is 0 Å². The van der Waals surface area contributed by atoms with E-state index in [1.807, 2.05) is 19.2 Å². The Labute approximate surface area is 92.6 Å². The quantitative estimate of drug-likeness (QED) is 0.737. The van der Waals surface area contributed by atoms with E-state index in [2.05, 4.69) is 28.9 Å². The first-order valence-electron chi connectivity index (χ1n) is 4.31. The lowest BCUT2D eigenvalue weighted by molar-refractivity contribution is 0.798. The van der Waals surface area contributed by atoms with Gasteiger partial charge in [0.25, 0.3) is 0 Å². The third-order valence-electron chi connectivity index (χ3n) is 2.12. The van der Waals surface area contributed by atoms with Crippen molar-refractivity contribution in [1.29, 1.82) is 5.26 Å². The normalized spacial score (nSPS) is 9.93. The van der Waals surface area contributed by atoms with E-state index in [9.17, 15) is 0 Å². The van der Waals surface area contributed by atoms with Crippen LogP contribution in [0.2, 0.25) is 0 Å². The predicted octanol–water partition coefficient (Wildman–Crippen LogP) is 1.64. The van der Waals surface area contributed by atoms with E-state index < -0.39 is 0 Å². The van der Waals surface area contributed by atoms with Gasteiger partial charge in [-0.15, -0.1) is 22.8 Å². The van der Waals surface area contributed by atoms with Crippen molar-refractivity contribution in [1.82, 2.24) is 14.8 Å². The first-order chi connectivity index (χ1) is 7.22. The van der Waals surface area contributed by atoms with Gasteiger partial charge in [0.2, 0.25) is 0 Å². The molecule has 0 aliphatic heterocycles. The summed E-state index contributed by atoms with van der Waals surface area (Å²) in [5.74, 6) is 0.740. The highest BCUT2D eigenvalue weighted by atomic mass is 32.1. The summed E-state index contributed by atoms with van der Waals surface area (Å²) in [5.41, 5.74) is 1.55. The van der Waals surface area contributed by atoms with Gasteiger partial charge in [0.05, 0.1) is 11.6 Å². The summed E-state index contributed by atoms with van der Waals surface area (Å²) in [5, 5.41) is 17.1. The molecule has 4 nitrogen and oxygen atoms in total. The molecule has 0 aliphatic rings. The van der Waals surface area contributed by atoms with Crippen molar-refractivity contribution in [2.24, 2.45) is 7.05 Å². The fourth-order valence-electron chi connectivity index (χ4n) is 1.27. The van der Waals surface area contributed by atoms with Crippen LogP contribution >= 0.6 is 12.6 Å². The molecule has 2 aromatic rings. The molecule has 0 bridgehead atoms. The summed E-state index contributed by atoms with van der Waals surface area (Å²) in [6.45, 7) is 0. The highest BCUT2D eigenvalue weighted by molar-refractivity contribution is 7.80. The summed E-state index contributed by atoms with van der Waals surface area (Å²) < 4.78 is 1.78. The highest BCUT2D eigenvalue weighted by Crippen LogP contribution is 2.18. The predicted molar refractivity (Wildman–Crippen MR) is 58.4 cm³/mol. The molecule has 0 saturated heterocycles. The lowest BCUT2D eigenvalue weighted by atomic mass is 10.1. The Morgan fingerprint density at radius 1 is 1.27 bits per heavy atom. The van der Waals surface area contributed by atoms with Gasteiger partial charge in [-0.2, -0.15) is 5.26 Å². The zero-order valence-electron chi connectivity index (χ0n) is 8.05. The van der Waals surface area contributed by atoms with Gasteiger partial charge in [-0.05, 0) is 24.3 Å². The van der Waals surface area contributed by atoms with Gasteiger partial charge in [0.15, 0.2) is 11.0 Å². The molecule has 0 atom stereocenters. The van der Waals surface area contributed by atoms with Gasteiger partial charge >= 0.3 is 0 Å². The highest BCUT2D eigenvalue weighted by Gasteiger charge is 2.07. The third-order valence-corrected chi connectivity index (χ3v) is 2.51. The Kier molecular flexibility index (Phi) is 2.44. The van der Waals surface area contributed by atoms with E-state index in [0.29, 0.717) is 10.7 Å². The van der Waals surface area contributed by atoms with Crippen molar-refractivity contribution in [2.45, 2.75) is 5.16 Å². The molecule has 0 saturated carbocycles. The second kappa shape index (κ2) is 3.75. The van der Waals surface area contributed by atoms with Crippen molar-refractivity contribution in [2.75, 3.05) is 0 Å². The average Bonchev–Trinajstić information content (AvgIpc) is 2.60. The maximum atomic E-state index is 8.66. The molecule has 0 unspecified atom stereocenters. The SMILES string of the molecule is Cn1c(S)nnc1-c1ccc(C#N)cc1. The molecule has 0 aliphatic carbocycles. The Hall–Kier alpha value is -1.80. The minimum absolute atomic E-state index is 0.564. The average molecular weight is 216 g/mol. The van der Waals surface area contributed by atoms with Crippen molar-refractivity contribution in [3.63, 3.8) is 0 Å². The molecular weight excluding hydrogens is 208 g/mol. The maximum absolute atomic E-state index is 8.66. The van der Waals surface area contributed by atoms with Crippen LogP contribution in [-0.2, 0) is 7.05 Å². The molecule has 0 fully saturated rings. The first-order valence-corrected chi connectivity index (χ1v) is 4.76. The lowest BCUT2D eigenvalue weighted by Gasteiger charge is -2.00. The largest absolute Gasteiger partial charge is 0.305 e. The fraction of sp³-hybridized carbons (Fsp3) is 0.100. The Morgan fingerprint density at radius 2 is 1.93 bits per heavy atom. The topological polar surface area (TPSA) is 54.5 Å². The Bertz CT molecular complexity index is 521. The molecule has 74 valence electrons. The number of nitriles is 1. The van der Waals surface area contributed by atoms with Crippen LogP contribution in [0.25, 0.3) is 11.4 Å². The molecule has 0 N–H and O–H groups in total. The van der Waals surface area contributed by atoms with Crippen molar-refractivity contribution in [3.8, 4) is 17.5 Å². The summed E-state index contributed by atoms with van der Waals surface area (Å²) in [7, 11) is 1.84. The number of rotatable bonds is 1. The van der Waals surface area contributed by atoms with Crippen molar-refractivity contribution < 1.29 is 0 Å². The zero-order valence-corrected chi connectivity index (χ0v) is 8.94. The molecule has 0 amide bonds. The van der Waals surface area contributed by atoms with Crippen LogP contribution in [0, 0.1) is 11.3 Å². The molecular formula is C10H8N4S. The monoisotopic (exact) mass is 216 g/mol. The van der Waals surface area contributed by atoms with Crippen molar-refractivity contribution >= 4 is 12.6 Å². The molecule has 1 aromatic carbocycles. The summed E-state index contributed by atoms with van der Waals surface area (Å²) >= 11 is 4.14. The molecule has 2 rings (SSSR count). The Morgan fingerprint density at radius 3 is 2.40 bits per heavy atom. The van der Waals surface area contributed by atoms with Crippen LogP contribution in [0.5, 0.6) is 0 Å². The summed E-state index contributed by atoms with van der Waals surface area (Å²) in [4.78, 5) is 0. The van der Waals surface area contributed by atoms with Gasteiger partial charge in [-0.1, -0.05) is 0 Å². The van der Waals surface area contributed by atoms with Crippen molar-refractivity contribution in [3.05, 3.63) is 29.8 Å². The number of benzene rings is 1. The third kappa shape index (κ3) is 1.72. The van der Waals surface area contributed by atoms with Gasteiger partial charge in [0, 0.05) is 12.6 Å². The minimum atomic E-state index is 0.564. The van der Waals surface area contributed by atoms with E-state index >= 15 is 0 Å². The molecule has 1 heterocycles. The van der Waals surface area contributed by atoms with Gasteiger partial charge in [0.1, 0.15) is 0 Å². The second-order valence-corrected chi connectivity index (χ2v) is 3.47. The fourth-order valence-corrected chi connectivity index (χ4v) is 1.41. The molecule has 0 radical (unpaired) electrons. The van der Waals surface area contributed by atoms with Crippen LogP contribution in [0.4, 0.5) is 0 Å². The van der Waals surface area contributed by atoms with E-state index in [1.54, 1.807) is 16.7 Å². The standard InChI is InChI=1S/C10H8N4S/c1-14-9(12-13-10(14)15)8-4-2-7(6-11)3-5-8/h2-5H,1H3,(H,13,15). The van der Waals surface area contributed by atoms with Gasteiger partial charge in [-0.3, -0.25) is 0 Å². The molecule has 5 heteroatoms. The second-order valence-electron chi connectivity index (χ2n) is 3.07. The van der Waals surface area contributed by atoms with Crippen LogP contribution in [0.3, 0.4) is 0 Å². The first kappa shape index (κ1) is 9.74. The van der Waals surface area contributed by atoms with Gasteiger partial charge < -0.3 is 4.57 Å². The van der Waals surface area contributed by atoms with E-state index in [4.69, 9.17) is 5.26 Å². The smallest absolute Gasteiger partial charge is 0.188 e. The Balaban J connectivity index is 2.47. The van der Waals surface area contributed by atoms with Crippen LogP contribution < -0.4 is 0 Å². The number of hydrogen-bond acceptors (Lipinski definition) is 4. The number of hydrogen-bond donors (Lipinski definition) is 1. The lowest BCUT2D eigenvalue weighted by Crippen LogP contribution is -1.92. The zero-order chi connectivity index (χ0) is 10.8. The maximum Gasteiger partial charge on any atom is 0.188 e. The number of nitrogens with zero attached hydrogens (tertiary/aromatic N) is 4. The van der Waals surface area contributed by atoms with E-state index in [0.717, 1.165) is 11.4 Å². The minimum Gasteiger partial charge on any atom is -0.305 e. The van der Waals surface area contributed by atoms with E-state index in [1.165, 1.54) is 0 Å². The summed E-state index contributed by atoms with van der Waals surface area (Å²) in [6, 6.07) is 9.26. The van der Waals surface area contributed by atoms with Crippen LogP contribution in [-0.4, -0.2) is 14.8 Å². The molecule has 0 spiro atoms. The van der Waals surface area contributed by atoms with Crippen LogP contribution in [0.1, 0.15) is 5.56 Å². The van der Waals surface area contributed by atoms with Gasteiger partial charge in [-0.25, -0.2) is 0 Å². The summed E-state index contributed by atoms with van der Waals surface area (Å²) in [6.07, 6.45) is 0. The van der Waals surface area contributed by atoms with Crippen LogP contribution in [0.15, 0.2) is 29.4 Å².